The highest BCUT2D eigenvalue weighted by atomic mass is 16.3. The molecule has 2 aromatic rings. The van der Waals surface area contributed by atoms with Crippen molar-refractivity contribution in [3.8, 4) is 11.3 Å². The van der Waals surface area contributed by atoms with Crippen LogP contribution in [-0.2, 0) is 6.42 Å². The summed E-state index contributed by atoms with van der Waals surface area (Å²) in [7, 11) is 0. The molecular weight excluding hydrogens is 266 g/mol. The fourth-order valence-corrected chi connectivity index (χ4v) is 2.08. The molecule has 0 aliphatic heterocycles. The van der Waals surface area contributed by atoms with E-state index in [4.69, 9.17) is 9.52 Å². The van der Waals surface area contributed by atoms with Crippen molar-refractivity contribution in [1.82, 2.24) is 5.32 Å². The summed E-state index contributed by atoms with van der Waals surface area (Å²) < 4.78 is 5.61. The number of nitrogens with one attached hydrogen (secondary N) is 1. The number of furan rings is 1. The number of benzene rings is 1. The summed E-state index contributed by atoms with van der Waals surface area (Å²) in [5, 5.41) is 11.6. The number of hydrogen-bond acceptors (Lipinski definition) is 3. The van der Waals surface area contributed by atoms with Crippen LogP contribution in [-0.4, -0.2) is 23.7 Å². The molecule has 4 heteroatoms. The number of aryl methyl sites for hydroxylation is 1. The lowest BCUT2D eigenvalue weighted by molar-refractivity contribution is 0.0907. The lowest BCUT2D eigenvalue weighted by Crippen LogP contribution is -2.32. The second-order valence-electron chi connectivity index (χ2n) is 5.10. The van der Waals surface area contributed by atoms with Gasteiger partial charge in [0.1, 0.15) is 5.76 Å². The van der Waals surface area contributed by atoms with Gasteiger partial charge in [-0.15, -0.1) is 0 Å². The zero-order valence-corrected chi connectivity index (χ0v) is 12.4. The Morgan fingerprint density at radius 2 is 1.95 bits per heavy atom. The number of aliphatic hydroxyl groups excluding tert-OH is 1. The van der Waals surface area contributed by atoms with Crippen molar-refractivity contribution in [2.75, 3.05) is 6.61 Å². The Kier molecular flexibility index (Phi) is 5.17. The number of carbonyl (C=O) groups excluding carboxylic acids is 1. The molecule has 0 aliphatic rings. The molecule has 0 saturated heterocycles. The van der Waals surface area contributed by atoms with Crippen LogP contribution in [0.15, 0.2) is 40.8 Å². The molecule has 112 valence electrons. The predicted octanol–water partition coefficient (Wildman–Crippen LogP) is 3.01. The van der Waals surface area contributed by atoms with Gasteiger partial charge in [0.25, 0.3) is 5.91 Å². The highest BCUT2D eigenvalue weighted by Gasteiger charge is 2.14. The molecule has 21 heavy (non-hydrogen) atoms. The molecule has 1 heterocycles. The second-order valence-corrected chi connectivity index (χ2v) is 5.10. The maximum atomic E-state index is 12.0. The van der Waals surface area contributed by atoms with E-state index in [1.165, 1.54) is 5.56 Å². The van der Waals surface area contributed by atoms with Gasteiger partial charge in [-0.25, -0.2) is 0 Å². The van der Waals surface area contributed by atoms with Crippen LogP contribution in [0.2, 0.25) is 0 Å². The average molecular weight is 287 g/mol. The van der Waals surface area contributed by atoms with E-state index in [1.54, 1.807) is 12.1 Å². The summed E-state index contributed by atoms with van der Waals surface area (Å²) in [5.41, 5.74) is 2.22. The molecule has 4 nitrogen and oxygen atoms in total. The smallest absolute Gasteiger partial charge is 0.287 e. The first-order valence-electron chi connectivity index (χ1n) is 7.25. The van der Waals surface area contributed by atoms with Crippen molar-refractivity contribution in [3.63, 3.8) is 0 Å². The minimum Gasteiger partial charge on any atom is -0.451 e. The average Bonchev–Trinajstić information content (AvgIpc) is 2.97. The predicted molar refractivity (Wildman–Crippen MR) is 82.2 cm³/mol. The summed E-state index contributed by atoms with van der Waals surface area (Å²) in [4.78, 5) is 12.0. The van der Waals surface area contributed by atoms with Gasteiger partial charge in [-0.05, 0) is 37.5 Å². The number of carbonyl (C=O) groups is 1. The van der Waals surface area contributed by atoms with Crippen LogP contribution >= 0.6 is 0 Å². The van der Waals surface area contributed by atoms with Crippen LogP contribution in [0, 0.1) is 0 Å². The van der Waals surface area contributed by atoms with E-state index >= 15 is 0 Å². The van der Waals surface area contributed by atoms with Crippen molar-refractivity contribution in [2.45, 2.75) is 32.7 Å². The standard InChI is InChI=1S/C17H21NO3/c1-3-13-4-6-14(7-5-13)15-8-9-16(21-15)17(20)18-12(2)10-11-19/h4-9,12,19H,3,10-11H2,1-2H3,(H,18,20). The summed E-state index contributed by atoms with van der Waals surface area (Å²) in [6.07, 6.45) is 1.52. The third-order valence-electron chi connectivity index (χ3n) is 3.42. The van der Waals surface area contributed by atoms with E-state index in [9.17, 15) is 4.79 Å². The lowest BCUT2D eigenvalue weighted by Gasteiger charge is -2.10. The Bertz CT molecular complexity index is 586. The molecule has 0 fully saturated rings. The molecule has 0 aliphatic carbocycles. The van der Waals surface area contributed by atoms with E-state index < -0.39 is 0 Å². The monoisotopic (exact) mass is 287 g/mol. The Labute approximate surface area is 124 Å². The molecule has 0 radical (unpaired) electrons. The van der Waals surface area contributed by atoms with Crippen LogP contribution in [0.1, 0.15) is 36.4 Å². The van der Waals surface area contributed by atoms with Gasteiger partial charge >= 0.3 is 0 Å². The first-order chi connectivity index (χ1) is 10.1. The minimum atomic E-state index is -0.257. The van der Waals surface area contributed by atoms with E-state index in [0.29, 0.717) is 12.2 Å². The van der Waals surface area contributed by atoms with Gasteiger partial charge in [0.15, 0.2) is 5.76 Å². The third kappa shape index (κ3) is 3.95. The van der Waals surface area contributed by atoms with Gasteiger partial charge in [0.05, 0.1) is 0 Å². The number of hydrogen-bond donors (Lipinski definition) is 2. The molecule has 0 spiro atoms. The van der Waals surface area contributed by atoms with E-state index in [2.05, 4.69) is 24.4 Å². The third-order valence-corrected chi connectivity index (χ3v) is 3.42. The zero-order valence-electron chi connectivity index (χ0n) is 12.4. The maximum Gasteiger partial charge on any atom is 0.287 e. The molecule has 2 rings (SSSR count). The summed E-state index contributed by atoms with van der Waals surface area (Å²) in [6, 6.07) is 11.5. The first kappa shape index (κ1) is 15.3. The Balaban J connectivity index is 2.08. The number of aliphatic hydroxyl groups is 1. The summed E-state index contributed by atoms with van der Waals surface area (Å²) in [5.74, 6) is 0.708. The Morgan fingerprint density at radius 3 is 2.57 bits per heavy atom. The van der Waals surface area contributed by atoms with Gasteiger partial charge in [-0.1, -0.05) is 31.2 Å². The molecule has 1 aromatic carbocycles. The van der Waals surface area contributed by atoms with Gasteiger partial charge in [-0.2, -0.15) is 0 Å². The lowest BCUT2D eigenvalue weighted by atomic mass is 10.1. The molecule has 1 amide bonds. The minimum absolute atomic E-state index is 0.0502. The molecule has 2 N–H and O–H groups in total. The first-order valence-corrected chi connectivity index (χ1v) is 7.25. The van der Waals surface area contributed by atoms with E-state index in [-0.39, 0.29) is 24.3 Å². The maximum absolute atomic E-state index is 12.0. The van der Waals surface area contributed by atoms with Crippen molar-refractivity contribution in [1.29, 1.82) is 0 Å². The summed E-state index contributed by atoms with van der Waals surface area (Å²) >= 11 is 0. The van der Waals surface area contributed by atoms with Gasteiger partial charge < -0.3 is 14.8 Å². The van der Waals surface area contributed by atoms with Crippen molar-refractivity contribution < 1.29 is 14.3 Å². The number of amides is 1. The van der Waals surface area contributed by atoms with Gasteiger partial charge in [-0.3, -0.25) is 4.79 Å². The SMILES string of the molecule is CCc1ccc(-c2ccc(C(=O)NC(C)CCO)o2)cc1. The molecule has 0 saturated carbocycles. The fraction of sp³-hybridized carbons (Fsp3) is 0.353. The van der Waals surface area contributed by atoms with E-state index in [0.717, 1.165) is 12.0 Å². The van der Waals surface area contributed by atoms with E-state index in [1.807, 2.05) is 19.1 Å². The van der Waals surface area contributed by atoms with Crippen molar-refractivity contribution >= 4 is 5.91 Å². The van der Waals surface area contributed by atoms with Crippen LogP contribution in [0.25, 0.3) is 11.3 Å². The Hall–Kier alpha value is -2.07. The van der Waals surface area contributed by atoms with Gasteiger partial charge in [0, 0.05) is 18.2 Å². The fourth-order valence-electron chi connectivity index (χ4n) is 2.08. The largest absolute Gasteiger partial charge is 0.451 e. The highest BCUT2D eigenvalue weighted by Crippen LogP contribution is 2.22. The molecule has 1 unspecified atom stereocenters. The highest BCUT2D eigenvalue weighted by molar-refractivity contribution is 5.92. The second kappa shape index (κ2) is 7.09. The molecule has 1 atom stereocenters. The van der Waals surface area contributed by atoms with Crippen LogP contribution in [0.3, 0.4) is 0 Å². The van der Waals surface area contributed by atoms with Crippen molar-refractivity contribution in [2.24, 2.45) is 0 Å². The van der Waals surface area contributed by atoms with Gasteiger partial charge in [0.2, 0.25) is 0 Å². The normalized spacial score (nSPS) is 12.1. The van der Waals surface area contributed by atoms with Crippen LogP contribution in [0.4, 0.5) is 0 Å². The number of rotatable bonds is 6. The van der Waals surface area contributed by atoms with Crippen LogP contribution < -0.4 is 5.32 Å². The Morgan fingerprint density at radius 1 is 1.24 bits per heavy atom. The quantitative estimate of drug-likeness (QED) is 0.858. The molecular formula is C17H21NO3. The zero-order chi connectivity index (χ0) is 15.2. The molecule has 0 bridgehead atoms. The summed E-state index contributed by atoms with van der Waals surface area (Å²) in [6.45, 7) is 4.01. The van der Waals surface area contributed by atoms with Crippen molar-refractivity contribution in [3.05, 3.63) is 47.7 Å². The topological polar surface area (TPSA) is 62.5 Å². The molecule has 1 aromatic heterocycles. The van der Waals surface area contributed by atoms with Crippen LogP contribution in [0.5, 0.6) is 0 Å².